The van der Waals surface area contributed by atoms with E-state index in [-0.39, 0.29) is 5.82 Å². The number of nitrogens with two attached hydrogens (primary N) is 1. The maximum atomic E-state index is 13.1. The Labute approximate surface area is 86.9 Å². The van der Waals surface area contributed by atoms with E-state index in [9.17, 15) is 4.39 Å². The van der Waals surface area contributed by atoms with Crippen molar-refractivity contribution in [1.82, 2.24) is 0 Å². The largest absolute Gasteiger partial charge is 0.313 e. The Hall–Kier alpha value is -1.05. The van der Waals surface area contributed by atoms with Crippen LogP contribution in [-0.2, 0) is 0 Å². The van der Waals surface area contributed by atoms with Crippen molar-refractivity contribution in [3.63, 3.8) is 0 Å². The van der Waals surface area contributed by atoms with E-state index in [1.807, 2.05) is 6.07 Å². The van der Waals surface area contributed by atoms with Crippen LogP contribution in [-0.4, -0.2) is 11.3 Å². The molecule has 0 aliphatic rings. The molecule has 2 N–H and O–H groups in total. The molecule has 14 heavy (non-hydrogen) atoms. The molecule has 0 aliphatic heterocycles. The van der Waals surface area contributed by atoms with Gasteiger partial charge in [-0.2, -0.15) is 5.26 Å². The van der Waals surface area contributed by atoms with Crippen molar-refractivity contribution in [3.05, 3.63) is 30.1 Å². The summed E-state index contributed by atoms with van der Waals surface area (Å²) in [6, 6.07) is 8.42. The summed E-state index contributed by atoms with van der Waals surface area (Å²) in [5.41, 5.74) is 4.70. The van der Waals surface area contributed by atoms with Gasteiger partial charge in [-0.1, -0.05) is 12.1 Å². The molecule has 0 aromatic heterocycles. The maximum absolute atomic E-state index is 13.1. The first-order chi connectivity index (χ1) is 6.55. The van der Waals surface area contributed by atoms with Gasteiger partial charge < -0.3 is 5.73 Å². The Kier molecular flexibility index (Phi) is 3.50. The normalized spacial score (nSPS) is 14.4. The second-order valence-electron chi connectivity index (χ2n) is 3.25. The fourth-order valence-corrected chi connectivity index (χ4v) is 1.72. The van der Waals surface area contributed by atoms with Gasteiger partial charge in [0.25, 0.3) is 0 Å². The lowest BCUT2D eigenvalue weighted by Crippen LogP contribution is -2.36. The van der Waals surface area contributed by atoms with Gasteiger partial charge in [-0.3, -0.25) is 0 Å². The summed E-state index contributed by atoms with van der Waals surface area (Å²) in [6.07, 6.45) is 0. The first kappa shape index (κ1) is 11.0. The summed E-state index contributed by atoms with van der Waals surface area (Å²) < 4.78 is 13.1. The molecule has 0 radical (unpaired) electrons. The quantitative estimate of drug-likeness (QED) is 0.778. The summed E-state index contributed by atoms with van der Waals surface area (Å²) in [7, 11) is 0. The van der Waals surface area contributed by atoms with E-state index >= 15 is 0 Å². The average molecular weight is 210 g/mol. The lowest BCUT2D eigenvalue weighted by atomic mass is 10.1. The fraction of sp³-hybridized carbons (Fsp3) is 0.300. The van der Waals surface area contributed by atoms with E-state index in [0.717, 1.165) is 0 Å². The molecular weight excluding hydrogens is 199 g/mol. The second-order valence-corrected chi connectivity index (χ2v) is 4.27. The minimum atomic E-state index is -0.910. The first-order valence-corrected chi connectivity index (χ1v) is 5.11. The second kappa shape index (κ2) is 4.45. The molecule has 0 amide bonds. The zero-order valence-electron chi connectivity index (χ0n) is 7.83. The smallest absolute Gasteiger partial charge is 0.136 e. The molecule has 74 valence electrons. The number of nitriles is 1. The third-order valence-electron chi connectivity index (χ3n) is 1.62. The standard InChI is InChI=1S/C10H11FN2S/c1-10(13,6-12)7-14-9-5-3-2-4-8(9)11/h2-5H,7,13H2,1H3. The Bertz CT molecular complexity index is 357. The number of nitrogens with zero attached hydrogens (tertiary/aromatic N) is 1. The van der Waals surface area contributed by atoms with E-state index in [1.165, 1.54) is 17.8 Å². The third kappa shape index (κ3) is 3.02. The van der Waals surface area contributed by atoms with Gasteiger partial charge >= 0.3 is 0 Å². The van der Waals surface area contributed by atoms with Crippen molar-refractivity contribution < 1.29 is 4.39 Å². The predicted molar refractivity (Wildman–Crippen MR) is 55.3 cm³/mol. The van der Waals surface area contributed by atoms with Crippen LogP contribution in [0, 0.1) is 17.1 Å². The molecule has 0 fully saturated rings. The first-order valence-electron chi connectivity index (χ1n) is 4.12. The van der Waals surface area contributed by atoms with Gasteiger partial charge in [-0.15, -0.1) is 11.8 Å². The average Bonchev–Trinajstić information content (AvgIpc) is 2.17. The molecule has 0 heterocycles. The summed E-state index contributed by atoms with van der Waals surface area (Å²) in [4.78, 5) is 0.527. The Balaban J connectivity index is 2.64. The van der Waals surface area contributed by atoms with Gasteiger partial charge in [0.1, 0.15) is 11.4 Å². The van der Waals surface area contributed by atoms with Crippen LogP contribution in [0.25, 0.3) is 0 Å². The van der Waals surface area contributed by atoms with Crippen molar-refractivity contribution in [2.75, 3.05) is 5.75 Å². The van der Waals surface area contributed by atoms with Gasteiger partial charge in [0.2, 0.25) is 0 Å². The number of hydrogen-bond donors (Lipinski definition) is 1. The van der Waals surface area contributed by atoms with Crippen molar-refractivity contribution >= 4 is 11.8 Å². The van der Waals surface area contributed by atoms with Crippen molar-refractivity contribution in [3.8, 4) is 6.07 Å². The molecule has 0 bridgehead atoms. The Morgan fingerprint density at radius 3 is 2.79 bits per heavy atom. The van der Waals surface area contributed by atoms with Crippen molar-refractivity contribution in [1.29, 1.82) is 5.26 Å². The Morgan fingerprint density at radius 2 is 2.21 bits per heavy atom. The molecule has 0 saturated carbocycles. The number of hydrogen-bond acceptors (Lipinski definition) is 3. The van der Waals surface area contributed by atoms with Gasteiger partial charge in [0.05, 0.1) is 6.07 Å². The highest BCUT2D eigenvalue weighted by Gasteiger charge is 2.18. The molecule has 2 nitrogen and oxygen atoms in total. The molecule has 1 atom stereocenters. The minimum absolute atomic E-state index is 0.272. The topological polar surface area (TPSA) is 49.8 Å². The van der Waals surface area contributed by atoms with Gasteiger partial charge in [-0.05, 0) is 19.1 Å². The summed E-state index contributed by atoms with van der Waals surface area (Å²) >= 11 is 1.26. The number of benzene rings is 1. The Morgan fingerprint density at radius 1 is 1.57 bits per heavy atom. The van der Waals surface area contributed by atoms with Gasteiger partial charge in [0.15, 0.2) is 0 Å². The van der Waals surface area contributed by atoms with Crippen LogP contribution in [0.5, 0.6) is 0 Å². The zero-order chi connectivity index (χ0) is 10.6. The van der Waals surface area contributed by atoms with E-state index in [1.54, 1.807) is 25.1 Å². The van der Waals surface area contributed by atoms with Crippen LogP contribution < -0.4 is 5.73 Å². The van der Waals surface area contributed by atoms with E-state index in [2.05, 4.69) is 0 Å². The molecule has 1 rings (SSSR count). The summed E-state index contributed by atoms with van der Waals surface area (Å²) in [5.74, 6) is 0.107. The summed E-state index contributed by atoms with van der Waals surface area (Å²) in [5, 5.41) is 8.66. The van der Waals surface area contributed by atoms with Crippen molar-refractivity contribution in [2.24, 2.45) is 5.73 Å². The lowest BCUT2D eigenvalue weighted by Gasteiger charge is -2.14. The van der Waals surface area contributed by atoms with Gasteiger partial charge in [0, 0.05) is 10.6 Å². The van der Waals surface area contributed by atoms with E-state index in [4.69, 9.17) is 11.0 Å². The lowest BCUT2D eigenvalue weighted by molar-refractivity contribution is 0.601. The molecule has 4 heteroatoms. The van der Waals surface area contributed by atoms with E-state index < -0.39 is 5.54 Å². The molecule has 1 aromatic rings. The molecule has 1 aromatic carbocycles. The molecule has 0 aliphatic carbocycles. The highest BCUT2D eigenvalue weighted by atomic mass is 32.2. The highest BCUT2D eigenvalue weighted by Crippen LogP contribution is 2.23. The number of rotatable bonds is 3. The van der Waals surface area contributed by atoms with Crippen LogP contribution in [0.3, 0.4) is 0 Å². The maximum Gasteiger partial charge on any atom is 0.136 e. The molecule has 1 unspecified atom stereocenters. The zero-order valence-corrected chi connectivity index (χ0v) is 8.64. The number of thioether (sulfide) groups is 1. The molecule has 0 saturated heterocycles. The van der Waals surface area contributed by atoms with Crippen LogP contribution in [0.2, 0.25) is 0 Å². The minimum Gasteiger partial charge on any atom is -0.313 e. The van der Waals surface area contributed by atoms with Gasteiger partial charge in [-0.25, -0.2) is 4.39 Å². The fourth-order valence-electron chi connectivity index (χ4n) is 0.822. The third-order valence-corrected chi connectivity index (χ3v) is 3.01. The van der Waals surface area contributed by atoms with Crippen LogP contribution >= 0.6 is 11.8 Å². The van der Waals surface area contributed by atoms with Crippen molar-refractivity contribution in [2.45, 2.75) is 17.4 Å². The monoisotopic (exact) mass is 210 g/mol. The molecule has 0 spiro atoms. The molecular formula is C10H11FN2S. The van der Waals surface area contributed by atoms with Crippen LogP contribution in [0.15, 0.2) is 29.2 Å². The summed E-state index contributed by atoms with van der Waals surface area (Å²) in [6.45, 7) is 1.63. The van der Waals surface area contributed by atoms with Crippen LogP contribution in [0.1, 0.15) is 6.92 Å². The van der Waals surface area contributed by atoms with E-state index in [0.29, 0.717) is 10.6 Å². The van der Waals surface area contributed by atoms with Crippen LogP contribution in [0.4, 0.5) is 4.39 Å². The number of halogens is 1. The SMILES string of the molecule is CC(N)(C#N)CSc1ccccc1F. The predicted octanol–water partition coefficient (Wildman–Crippen LogP) is 2.16. The highest BCUT2D eigenvalue weighted by molar-refractivity contribution is 7.99.